The number of ether oxygens (including phenoxy) is 1. The Kier molecular flexibility index (Phi) is 5.32. The molecule has 5 nitrogen and oxygen atoms in total. The zero-order valence-corrected chi connectivity index (χ0v) is 15.4. The van der Waals surface area contributed by atoms with Crippen LogP contribution in [0.5, 0.6) is 5.75 Å². The fourth-order valence-corrected chi connectivity index (χ4v) is 3.15. The van der Waals surface area contributed by atoms with E-state index in [1.54, 1.807) is 0 Å². The lowest BCUT2D eigenvalue weighted by atomic mass is 10.0. The van der Waals surface area contributed by atoms with Crippen molar-refractivity contribution >= 4 is 0 Å². The molecule has 0 atom stereocenters. The van der Waals surface area contributed by atoms with Gasteiger partial charge >= 0.3 is 11.9 Å². The predicted octanol–water partition coefficient (Wildman–Crippen LogP) is 3.73. The monoisotopic (exact) mass is 408 g/mol. The third-order valence-corrected chi connectivity index (χ3v) is 4.56. The number of aromatic nitrogens is 2. The van der Waals surface area contributed by atoms with Gasteiger partial charge in [0.15, 0.2) is 11.6 Å². The second kappa shape index (κ2) is 7.57. The van der Waals surface area contributed by atoms with E-state index in [0.29, 0.717) is 0 Å². The van der Waals surface area contributed by atoms with Crippen molar-refractivity contribution in [3.05, 3.63) is 85.9 Å². The predicted molar refractivity (Wildman–Crippen MR) is 98.6 cm³/mol. The van der Waals surface area contributed by atoms with Gasteiger partial charge in [0.2, 0.25) is 0 Å². The quantitative estimate of drug-likeness (QED) is 0.670. The number of aromatic amines is 1. The summed E-state index contributed by atoms with van der Waals surface area (Å²) in [5.74, 6) is -0.925. The summed E-state index contributed by atoms with van der Waals surface area (Å²) < 4.78 is 60.4. The van der Waals surface area contributed by atoms with Gasteiger partial charge in [-0.2, -0.15) is 13.2 Å². The number of rotatable bonds is 4. The van der Waals surface area contributed by atoms with Crippen molar-refractivity contribution in [1.29, 1.82) is 0 Å². The topological polar surface area (TPSA) is 64.1 Å². The van der Waals surface area contributed by atoms with Crippen LogP contribution in [0, 0.1) is 12.7 Å². The van der Waals surface area contributed by atoms with Crippen LogP contribution in [0.25, 0.3) is 11.1 Å². The molecule has 1 heterocycles. The molecule has 9 heteroatoms. The highest BCUT2D eigenvalue weighted by Crippen LogP contribution is 2.33. The summed E-state index contributed by atoms with van der Waals surface area (Å²) in [4.78, 5) is 26.8. The van der Waals surface area contributed by atoms with Crippen LogP contribution in [0.15, 0.2) is 52.1 Å². The van der Waals surface area contributed by atoms with E-state index < -0.39 is 35.4 Å². The Morgan fingerprint density at radius 2 is 1.76 bits per heavy atom. The first-order valence-corrected chi connectivity index (χ1v) is 8.46. The highest BCUT2D eigenvalue weighted by molar-refractivity contribution is 5.67. The molecule has 0 spiro atoms. The molecule has 1 aromatic heterocycles. The summed E-state index contributed by atoms with van der Waals surface area (Å²) >= 11 is 0. The number of methoxy groups -OCH3 is 1. The van der Waals surface area contributed by atoms with E-state index in [0.717, 1.165) is 10.6 Å². The lowest BCUT2D eigenvalue weighted by molar-refractivity contribution is -0.138. The molecule has 0 aliphatic heterocycles. The van der Waals surface area contributed by atoms with Crippen molar-refractivity contribution < 1.29 is 22.3 Å². The van der Waals surface area contributed by atoms with Gasteiger partial charge in [-0.15, -0.1) is 0 Å². The molecule has 2 aromatic carbocycles. The number of halogens is 4. The summed E-state index contributed by atoms with van der Waals surface area (Å²) in [5.41, 5.74) is -3.05. The molecule has 29 heavy (non-hydrogen) atoms. The Morgan fingerprint density at radius 3 is 2.41 bits per heavy atom. The largest absolute Gasteiger partial charge is 0.494 e. The van der Waals surface area contributed by atoms with Crippen molar-refractivity contribution in [1.82, 2.24) is 9.55 Å². The van der Waals surface area contributed by atoms with Crippen LogP contribution in [0.1, 0.15) is 16.8 Å². The van der Waals surface area contributed by atoms with Crippen LogP contribution >= 0.6 is 0 Å². The number of H-pyrrole nitrogens is 1. The van der Waals surface area contributed by atoms with E-state index in [2.05, 4.69) is 4.98 Å². The summed E-state index contributed by atoms with van der Waals surface area (Å²) in [6.45, 7) is 0.927. The molecule has 0 bridgehead atoms. The van der Waals surface area contributed by atoms with Crippen molar-refractivity contribution in [3.8, 4) is 16.9 Å². The van der Waals surface area contributed by atoms with Gasteiger partial charge < -0.3 is 4.74 Å². The maximum atomic E-state index is 14.7. The molecular formula is C20H16F4N2O3. The van der Waals surface area contributed by atoms with Gasteiger partial charge in [-0.05, 0) is 24.6 Å². The second-order valence-electron chi connectivity index (χ2n) is 6.28. The fourth-order valence-electron chi connectivity index (χ4n) is 3.15. The van der Waals surface area contributed by atoms with E-state index in [4.69, 9.17) is 4.74 Å². The smallest absolute Gasteiger partial charge is 0.416 e. The molecule has 0 saturated heterocycles. The SMILES string of the molecule is COc1cccc(-c2c(C)n(Cc3ccccc3C(F)(F)F)c(=O)[nH]c2=O)c1F. The lowest BCUT2D eigenvalue weighted by Crippen LogP contribution is -2.34. The number of benzene rings is 2. The summed E-state index contributed by atoms with van der Waals surface area (Å²) in [5, 5.41) is 0. The number of alkyl halides is 3. The van der Waals surface area contributed by atoms with Crippen LogP contribution in [0.2, 0.25) is 0 Å². The molecular weight excluding hydrogens is 392 g/mol. The first-order chi connectivity index (χ1) is 13.6. The third kappa shape index (κ3) is 3.80. The fraction of sp³-hybridized carbons (Fsp3) is 0.200. The van der Waals surface area contributed by atoms with Crippen LogP contribution in [-0.2, 0) is 12.7 Å². The minimum absolute atomic E-state index is 0.0304. The van der Waals surface area contributed by atoms with E-state index >= 15 is 0 Å². The van der Waals surface area contributed by atoms with Crippen LogP contribution in [0.4, 0.5) is 17.6 Å². The number of nitrogens with zero attached hydrogens (tertiary/aromatic N) is 1. The number of hydrogen-bond acceptors (Lipinski definition) is 3. The number of hydrogen-bond donors (Lipinski definition) is 1. The molecule has 0 aliphatic rings. The Morgan fingerprint density at radius 1 is 1.07 bits per heavy atom. The first-order valence-electron chi connectivity index (χ1n) is 8.46. The maximum absolute atomic E-state index is 14.7. The molecule has 0 amide bonds. The van der Waals surface area contributed by atoms with E-state index in [-0.39, 0.29) is 28.1 Å². The molecule has 152 valence electrons. The lowest BCUT2D eigenvalue weighted by Gasteiger charge is -2.17. The van der Waals surface area contributed by atoms with Crippen molar-refractivity contribution in [2.24, 2.45) is 0 Å². The third-order valence-electron chi connectivity index (χ3n) is 4.56. The van der Waals surface area contributed by atoms with Gasteiger partial charge in [0.05, 0.1) is 24.8 Å². The van der Waals surface area contributed by atoms with Crippen LogP contribution < -0.4 is 16.0 Å². The van der Waals surface area contributed by atoms with Crippen molar-refractivity contribution in [2.45, 2.75) is 19.6 Å². The minimum atomic E-state index is -4.61. The standard InChI is InChI=1S/C20H16F4N2O3/c1-11-16(13-7-5-9-15(29-2)17(13)21)18(27)25-19(28)26(11)10-12-6-3-4-8-14(12)20(22,23)24/h3-9H,10H2,1-2H3,(H,25,27,28). The summed E-state index contributed by atoms with van der Waals surface area (Å²) in [6.07, 6.45) is -4.61. The molecule has 0 saturated carbocycles. The summed E-state index contributed by atoms with van der Waals surface area (Å²) in [7, 11) is 1.26. The molecule has 1 N–H and O–H groups in total. The Balaban J connectivity index is 2.21. The molecule has 0 radical (unpaired) electrons. The van der Waals surface area contributed by atoms with Gasteiger partial charge in [0.1, 0.15) is 0 Å². The van der Waals surface area contributed by atoms with Crippen molar-refractivity contribution in [2.75, 3.05) is 7.11 Å². The molecule has 0 fully saturated rings. The highest BCUT2D eigenvalue weighted by Gasteiger charge is 2.33. The highest BCUT2D eigenvalue weighted by atomic mass is 19.4. The Labute approximate surface area is 162 Å². The minimum Gasteiger partial charge on any atom is -0.494 e. The van der Waals surface area contributed by atoms with E-state index in [9.17, 15) is 27.2 Å². The molecule has 0 unspecified atom stereocenters. The van der Waals surface area contributed by atoms with Crippen LogP contribution in [-0.4, -0.2) is 16.7 Å². The van der Waals surface area contributed by atoms with Gasteiger partial charge in [-0.25, -0.2) is 9.18 Å². The number of nitrogens with one attached hydrogen (secondary N) is 1. The van der Waals surface area contributed by atoms with Crippen LogP contribution in [0.3, 0.4) is 0 Å². The van der Waals surface area contributed by atoms with Gasteiger partial charge in [-0.3, -0.25) is 14.3 Å². The van der Waals surface area contributed by atoms with Crippen molar-refractivity contribution in [3.63, 3.8) is 0 Å². The molecule has 0 aliphatic carbocycles. The van der Waals surface area contributed by atoms with E-state index in [1.165, 1.54) is 50.4 Å². The van der Waals surface area contributed by atoms with Gasteiger partial charge in [0.25, 0.3) is 5.56 Å². The normalized spacial score (nSPS) is 11.5. The zero-order chi connectivity index (χ0) is 21.3. The Hall–Kier alpha value is -3.36. The second-order valence-corrected chi connectivity index (χ2v) is 6.28. The average Bonchev–Trinajstić information content (AvgIpc) is 2.66. The maximum Gasteiger partial charge on any atom is 0.416 e. The molecule has 3 rings (SSSR count). The van der Waals surface area contributed by atoms with Gasteiger partial charge in [0, 0.05) is 11.3 Å². The van der Waals surface area contributed by atoms with Gasteiger partial charge in [-0.1, -0.05) is 30.3 Å². The van der Waals surface area contributed by atoms with E-state index in [1.807, 2.05) is 0 Å². The summed E-state index contributed by atoms with van der Waals surface area (Å²) in [6, 6.07) is 8.96. The zero-order valence-electron chi connectivity index (χ0n) is 15.4. The first kappa shape index (κ1) is 20.4. The molecule has 3 aromatic rings. The average molecular weight is 408 g/mol. The Bertz CT molecular complexity index is 1180.